The zero-order valence-electron chi connectivity index (χ0n) is 9.49. The largest absolute Gasteiger partial charge is 0.305 e. The molecule has 1 aromatic carbocycles. The fourth-order valence-electron chi connectivity index (χ4n) is 1.73. The minimum Gasteiger partial charge on any atom is -0.305 e. The van der Waals surface area contributed by atoms with Gasteiger partial charge in [-0.2, -0.15) is 5.10 Å². The Balaban J connectivity index is 2.24. The first-order valence-corrected chi connectivity index (χ1v) is 5.35. The predicted molar refractivity (Wildman–Crippen MR) is 64.6 cm³/mol. The van der Waals surface area contributed by atoms with Gasteiger partial charge in [-0.1, -0.05) is 12.1 Å². The number of H-pyrrole nitrogens is 2. The normalized spacial score (nSPS) is 11.0. The lowest BCUT2D eigenvalue weighted by Crippen LogP contribution is -2.09. The third-order valence-electron chi connectivity index (χ3n) is 2.76. The number of halogens is 1. The van der Waals surface area contributed by atoms with Crippen molar-refractivity contribution in [2.75, 3.05) is 0 Å². The highest BCUT2D eigenvalue weighted by Gasteiger charge is 2.08. The summed E-state index contributed by atoms with van der Waals surface area (Å²) in [7, 11) is 0. The van der Waals surface area contributed by atoms with Gasteiger partial charge in [0, 0.05) is 5.56 Å². The summed E-state index contributed by atoms with van der Waals surface area (Å²) in [5.41, 5.74) is 1.51. The molecule has 0 spiro atoms. The van der Waals surface area contributed by atoms with Crippen molar-refractivity contribution in [1.29, 1.82) is 0 Å². The van der Waals surface area contributed by atoms with Crippen molar-refractivity contribution in [2.24, 2.45) is 0 Å². The molecule has 0 bridgehead atoms. The van der Waals surface area contributed by atoms with E-state index in [1.165, 1.54) is 12.3 Å². The summed E-state index contributed by atoms with van der Waals surface area (Å²) in [6, 6.07) is 4.70. The van der Waals surface area contributed by atoms with E-state index >= 15 is 0 Å². The van der Waals surface area contributed by atoms with Crippen LogP contribution >= 0.6 is 0 Å². The fraction of sp³-hybridized carbons (Fsp3) is 0.0833. The summed E-state index contributed by atoms with van der Waals surface area (Å²) >= 11 is 0. The second-order valence-electron chi connectivity index (χ2n) is 4.01. The lowest BCUT2D eigenvalue weighted by atomic mass is 10.1. The molecule has 5 nitrogen and oxygen atoms in total. The first-order valence-electron chi connectivity index (χ1n) is 5.35. The van der Waals surface area contributed by atoms with Crippen LogP contribution in [0.1, 0.15) is 5.56 Å². The van der Waals surface area contributed by atoms with Gasteiger partial charge in [0.2, 0.25) is 0 Å². The van der Waals surface area contributed by atoms with Crippen LogP contribution < -0.4 is 5.56 Å². The molecule has 0 saturated carbocycles. The van der Waals surface area contributed by atoms with Crippen LogP contribution in [0.4, 0.5) is 4.39 Å². The van der Waals surface area contributed by atoms with Crippen molar-refractivity contribution in [3.8, 4) is 11.4 Å². The molecule has 6 heteroatoms. The highest BCUT2D eigenvalue weighted by atomic mass is 19.1. The number of nitrogens with zero attached hydrogens (tertiary/aromatic N) is 2. The zero-order valence-corrected chi connectivity index (χ0v) is 9.49. The zero-order chi connectivity index (χ0) is 12.7. The molecule has 2 N–H and O–H groups in total. The maximum atomic E-state index is 13.5. The molecule has 0 fully saturated rings. The van der Waals surface area contributed by atoms with Crippen LogP contribution in [-0.2, 0) is 0 Å². The molecule has 3 rings (SSSR count). The number of hydrogen-bond acceptors (Lipinski definition) is 3. The smallest absolute Gasteiger partial charge is 0.277 e. The Hall–Kier alpha value is -2.50. The maximum Gasteiger partial charge on any atom is 0.277 e. The topological polar surface area (TPSA) is 74.4 Å². The lowest BCUT2D eigenvalue weighted by molar-refractivity contribution is 0.619. The number of hydrogen-bond donors (Lipinski definition) is 2. The minimum absolute atomic E-state index is 0.311. The molecule has 2 heterocycles. The van der Waals surface area contributed by atoms with Gasteiger partial charge in [0.15, 0.2) is 0 Å². The monoisotopic (exact) mass is 244 g/mol. The number of aromatic nitrogens is 4. The van der Waals surface area contributed by atoms with E-state index in [9.17, 15) is 9.18 Å². The molecule has 0 unspecified atom stereocenters. The van der Waals surface area contributed by atoms with Crippen molar-refractivity contribution in [2.45, 2.75) is 6.92 Å². The first kappa shape index (κ1) is 10.6. The van der Waals surface area contributed by atoms with E-state index in [1.807, 2.05) is 0 Å². The van der Waals surface area contributed by atoms with Gasteiger partial charge in [0.1, 0.15) is 22.7 Å². The lowest BCUT2D eigenvalue weighted by Gasteiger charge is -2.02. The van der Waals surface area contributed by atoms with Crippen molar-refractivity contribution in [1.82, 2.24) is 20.2 Å². The molecule has 0 radical (unpaired) electrons. The molecular formula is C12H9FN4O. The molecule has 0 atom stereocenters. The maximum absolute atomic E-state index is 13.5. The minimum atomic E-state index is -0.331. The second-order valence-corrected chi connectivity index (χ2v) is 4.01. The van der Waals surface area contributed by atoms with Crippen LogP contribution in [0.15, 0.2) is 29.2 Å². The Labute approximate surface area is 101 Å². The standard InChI is InChI=1S/C12H9FN4O/c1-6-2-3-7(4-8(6)13)11-15-9-5-14-17-10(9)12(18)16-11/h2-5H,1H3,(H,14,17)(H,15,16,18). The molecule has 0 saturated heterocycles. The summed E-state index contributed by atoms with van der Waals surface area (Å²) in [4.78, 5) is 18.5. The molecule has 3 aromatic rings. The Morgan fingerprint density at radius 2 is 2.17 bits per heavy atom. The second kappa shape index (κ2) is 3.76. The van der Waals surface area contributed by atoms with Crippen molar-refractivity contribution >= 4 is 11.0 Å². The number of aryl methyl sites for hydroxylation is 1. The van der Waals surface area contributed by atoms with Gasteiger partial charge in [0.05, 0.1) is 6.20 Å². The molecule has 0 aliphatic heterocycles. The average Bonchev–Trinajstić information content (AvgIpc) is 2.81. The average molecular weight is 244 g/mol. The molecule has 0 aliphatic rings. The van der Waals surface area contributed by atoms with Crippen LogP contribution in [0.25, 0.3) is 22.4 Å². The summed E-state index contributed by atoms with van der Waals surface area (Å²) in [5.74, 6) is -0.00441. The number of aromatic amines is 2. The van der Waals surface area contributed by atoms with Crippen LogP contribution in [0, 0.1) is 12.7 Å². The van der Waals surface area contributed by atoms with Gasteiger partial charge >= 0.3 is 0 Å². The summed E-state index contributed by atoms with van der Waals surface area (Å²) in [6.45, 7) is 1.68. The van der Waals surface area contributed by atoms with E-state index in [4.69, 9.17) is 0 Å². The van der Waals surface area contributed by atoms with Crippen molar-refractivity contribution < 1.29 is 4.39 Å². The van der Waals surface area contributed by atoms with Crippen LogP contribution in [-0.4, -0.2) is 20.2 Å². The van der Waals surface area contributed by atoms with Gasteiger partial charge in [-0.3, -0.25) is 9.89 Å². The van der Waals surface area contributed by atoms with E-state index in [0.717, 1.165) is 0 Å². The Kier molecular flexibility index (Phi) is 2.22. The van der Waals surface area contributed by atoms with E-state index in [1.54, 1.807) is 19.1 Å². The number of fused-ring (bicyclic) bond motifs is 1. The van der Waals surface area contributed by atoms with E-state index in [-0.39, 0.29) is 11.4 Å². The van der Waals surface area contributed by atoms with Gasteiger partial charge < -0.3 is 4.98 Å². The van der Waals surface area contributed by atoms with Gasteiger partial charge in [-0.15, -0.1) is 0 Å². The summed E-state index contributed by atoms with van der Waals surface area (Å²) in [6.07, 6.45) is 1.46. The first-order chi connectivity index (χ1) is 8.65. The molecule has 18 heavy (non-hydrogen) atoms. The summed E-state index contributed by atoms with van der Waals surface area (Å²) < 4.78 is 13.5. The van der Waals surface area contributed by atoms with E-state index in [0.29, 0.717) is 28.0 Å². The van der Waals surface area contributed by atoms with E-state index in [2.05, 4.69) is 20.2 Å². The SMILES string of the molecule is Cc1ccc(-c2nc3cn[nH]c3c(=O)[nH]2)cc1F. The number of benzene rings is 1. The Morgan fingerprint density at radius 1 is 1.33 bits per heavy atom. The highest BCUT2D eigenvalue weighted by Crippen LogP contribution is 2.18. The third kappa shape index (κ3) is 1.58. The molecule has 0 amide bonds. The van der Waals surface area contributed by atoms with Crippen molar-refractivity contribution in [3.05, 3.63) is 46.1 Å². The molecule has 90 valence electrons. The van der Waals surface area contributed by atoms with Gasteiger partial charge in [0.25, 0.3) is 5.56 Å². The third-order valence-corrected chi connectivity index (χ3v) is 2.76. The van der Waals surface area contributed by atoms with Gasteiger partial charge in [-0.25, -0.2) is 9.37 Å². The Morgan fingerprint density at radius 3 is 2.94 bits per heavy atom. The van der Waals surface area contributed by atoms with Crippen LogP contribution in [0.3, 0.4) is 0 Å². The van der Waals surface area contributed by atoms with E-state index < -0.39 is 0 Å². The fourth-order valence-corrected chi connectivity index (χ4v) is 1.73. The molecule has 0 aliphatic carbocycles. The highest BCUT2D eigenvalue weighted by molar-refractivity contribution is 5.74. The van der Waals surface area contributed by atoms with Gasteiger partial charge in [-0.05, 0) is 18.6 Å². The van der Waals surface area contributed by atoms with Crippen LogP contribution in [0.2, 0.25) is 0 Å². The van der Waals surface area contributed by atoms with Crippen molar-refractivity contribution in [3.63, 3.8) is 0 Å². The number of rotatable bonds is 1. The Bertz CT molecular complexity index is 790. The summed E-state index contributed by atoms with van der Waals surface area (Å²) in [5, 5.41) is 6.30. The molecule has 2 aromatic heterocycles. The van der Waals surface area contributed by atoms with Crippen LogP contribution in [0.5, 0.6) is 0 Å². The molecular weight excluding hydrogens is 235 g/mol. The predicted octanol–water partition coefficient (Wildman–Crippen LogP) is 1.76. The number of nitrogens with one attached hydrogen (secondary N) is 2. The quantitative estimate of drug-likeness (QED) is 0.685.